The molecule has 18 heavy (non-hydrogen) atoms. The quantitative estimate of drug-likeness (QED) is 0.615. The zero-order valence-corrected chi connectivity index (χ0v) is 11.1. The third kappa shape index (κ3) is 3.67. The zero-order valence-electron chi connectivity index (χ0n) is 10.3. The number of sulfone groups is 1. The van der Waals surface area contributed by atoms with E-state index in [4.69, 9.17) is 11.5 Å². The standard InChI is InChI=1S/C10H19N3O4S/c1-2-13(7-3-4-18(16,17)6-7)10(15)8(11)5-9(12)14/h7-8H,2-6,11H2,1H3,(H2,12,14). The van der Waals surface area contributed by atoms with Gasteiger partial charge in [0.25, 0.3) is 0 Å². The van der Waals surface area contributed by atoms with Crippen LogP contribution in [0.15, 0.2) is 0 Å². The number of hydrogen-bond acceptors (Lipinski definition) is 5. The molecule has 0 aromatic heterocycles. The molecule has 1 heterocycles. The Labute approximate surface area is 106 Å². The maximum atomic E-state index is 12.0. The SMILES string of the molecule is CCN(C(=O)C(N)CC(N)=O)C1CCS(=O)(=O)C1. The van der Waals surface area contributed by atoms with Crippen LogP contribution < -0.4 is 11.5 Å². The van der Waals surface area contributed by atoms with E-state index in [9.17, 15) is 18.0 Å². The van der Waals surface area contributed by atoms with Gasteiger partial charge in [0.05, 0.1) is 24.0 Å². The summed E-state index contributed by atoms with van der Waals surface area (Å²) in [6.45, 7) is 2.12. The van der Waals surface area contributed by atoms with Gasteiger partial charge >= 0.3 is 0 Å². The normalized spacial score (nSPS) is 23.6. The van der Waals surface area contributed by atoms with Crippen LogP contribution in [0.3, 0.4) is 0 Å². The van der Waals surface area contributed by atoms with Crippen molar-refractivity contribution in [1.29, 1.82) is 0 Å². The lowest BCUT2D eigenvalue weighted by atomic mass is 10.1. The number of nitrogens with zero attached hydrogens (tertiary/aromatic N) is 1. The Balaban J connectivity index is 2.72. The highest BCUT2D eigenvalue weighted by Gasteiger charge is 2.35. The van der Waals surface area contributed by atoms with Gasteiger partial charge in [0.15, 0.2) is 9.84 Å². The van der Waals surface area contributed by atoms with E-state index in [1.54, 1.807) is 6.92 Å². The summed E-state index contributed by atoms with van der Waals surface area (Å²) >= 11 is 0. The van der Waals surface area contributed by atoms with Crippen LogP contribution >= 0.6 is 0 Å². The van der Waals surface area contributed by atoms with E-state index in [1.165, 1.54) is 4.90 Å². The van der Waals surface area contributed by atoms with E-state index in [-0.39, 0.29) is 24.0 Å². The van der Waals surface area contributed by atoms with Crippen molar-refractivity contribution in [1.82, 2.24) is 4.90 Å². The van der Waals surface area contributed by atoms with Gasteiger partial charge in [-0.15, -0.1) is 0 Å². The highest BCUT2D eigenvalue weighted by atomic mass is 32.2. The van der Waals surface area contributed by atoms with Crippen molar-refractivity contribution in [2.45, 2.75) is 31.8 Å². The van der Waals surface area contributed by atoms with E-state index in [0.29, 0.717) is 13.0 Å². The molecule has 0 saturated carbocycles. The minimum Gasteiger partial charge on any atom is -0.370 e. The molecule has 2 unspecified atom stereocenters. The first kappa shape index (κ1) is 14.9. The van der Waals surface area contributed by atoms with Gasteiger partial charge in [-0.25, -0.2) is 8.42 Å². The molecule has 4 N–H and O–H groups in total. The van der Waals surface area contributed by atoms with Crippen molar-refractivity contribution in [3.05, 3.63) is 0 Å². The fourth-order valence-corrected chi connectivity index (χ4v) is 3.86. The van der Waals surface area contributed by atoms with Crippen molar-refractivity contribution in [2.24, 2.45) is 11.5 Å². The second kappa shape index (κ2) is 5.66. The van der Waals surface area contributed by atoms with Gasteiger partial charge in [0, 0.05) is 12.6 Å². The molecule has 0 aromatic carbocycles. The van der Waals surface area contributed by atoms with Crippen LogP contribution in [-0.4, -0.2) is 55.3 Å². The molecule has 1 aliphatic heterocycles. The summed E-state index contributed by atoms with van der Waals surface area (Å²) in [6, 6.07) is -1.34. The third-order valence-electron chi connectivity index (χ3n) is 3.01. The monoisotopic (exact) mass is 277 g/mol. The Bertz CT molecular complexity index is 434. The van der Waals surface area contributed by atoms with Crippen LogP contribution in [0.2, 0.25) is 0 Å². The topological polar surface area (TPSA) is 124 Å². The van der Waals surface area contributed by atoms with Crippen molar-refractivity contribution in [3.8, 4) is 0 Å². The van der Waals surface area contributed by atoms with Crippen molar-refractivity contribution >= 4 is 21.7 Å². The molecule has 7 nitrogen and oxygen atoms in total. The third-order valence-corrected chi connectivity index (χ3v) is 4.76. The molecule has 0 aliphatic carbocycles. The van der Waals surface area contributed by atoms with Crippen molar-refractivity contribution in [2.75, 3.05) is 18.1 Å². The summed E-state index contributed by atoms with van der Waals surface area (Å²) in [5, 5.41) is 0. The number of carbonyl (C=O) groups excluding carboxylic acids is 2. The molecule has 1 rings (SSSR count). The van der Waals surface area contributed by atoms with Crippen molar-refractivity contribution < 1.29 is 18.0 Å². The summed E-state index contributed by atoms with van der Waals surface area (Å²) in [7, 11) is -3.06. The molecule has 8 heteroatoms. The highest BCUT2D eigenvalue weighted by molar-refractivity contribution is 7.91. The molecule has 0 spiro atoms. The second-order valence-corrected chi connectivity index (χ2v) is 6.69. The fraction of sp³-hybridized carbons (Fsp3) is 0.800. The number of carbonyl (C=O) groups is 2. The van der Waals surface area contributed by atoms with Crippen LogP contribution in [-0.2, 0) is 19.4 Å². The predicted octanol–water partition coefficient (Wildman–Crippen LogP) is -1.78. The lowest BCUT2D eigenvalue weighted by molar-refractivity contribution is -0.136. The predicted molar refractivity (Wildman–Crippen MR) is 66.2 cm³/mol. The molecule has 1 saturated heterocycles. The van der Waals surface area contributed by atoms with Gasteiger partial charge < -0.3 is 16.4 Å². The molecule has 0 bridgehead atoms. The van der Waals surface area contributed by atoms with Gasteiger partial charge in [-0.2, -0.15) is 0 Å². The molecule has 1 fully saturated rings. The number of likely N-dealkylation sites (N-methyl/N-ethyl adjacent to an activating group) is 1. The Morgan fingerprint density at radius 3 is 2.44 bits per heavy atom. The fourth-order valence-electron chi connectivity index (χ4n) is 2.13. The lowest BCUT2D eigenvalue weighted by Crippen LogP contribution is -2.50. The van der Waals surface area contributed by atoms with E-state index in [1.807, 2.05) is 0 Å². The van der Waals surface area contributed by atoms with Crippen LogP contribution in [0.5, 0.6) is 0 Å². The van der Waals surface area contributed by atoms with E-state index in [2.05, 4.69) is 0 Å². The van der Waals surface area contributed by atoms with Gasteiger partial charge in [0.1, 0.15) is 0 Å². The van der Waals surface area contributed by atoms with Gasteiger partial charge in [-0.3, -0.25) is 9.59 Å². The number of hydrogen-bond donors (Lipinski definition) is 2. The number of primary amides is 1. The van der Waals surface area contributed by atoms with Gasteiger partial charge in [-0.05, 0) is 13.3 Å². The number of rotatable bonds is 5. The molecule has 1 aliphatic rings. The molecule has 0 aromatic rings. The first-order chi connectivity index (χ1) is 8.26. The summed E-state index contributed by atoms with van der Waals surface area (Å²) in [5.41, 5.74) is 10.6. The number of nitrogens with two attached hydrogens (primary N) is 2. The van der Waals surface area contributed by atoms with E-state index >= 15 is 0 Å². The number of amides is 2. The van der Waals surface area contributed by atoms with Crippen LogP contribution in [0.1, 0.15) is 19.8 Å². The van der Waals surface area contributed by atoms with E-state index < -0.39 is 27.7 Å². The van der Waals surface area contributed by atoms with Gasteiger partial charge in [-0.1, -0.05) is 0 Å². The van der Waals surface area contributed by atoms with Crippen molar-refractivity contribution in [3.63, 3.8) is 0 Å². The Kier molecular flexibility index (Phi) is 4.69. The minimum absolute atomic E-state index is 0.0319. The lowest BCUT2D eigenvalue weighted by Gasteiger charge is -2.29. The Hall–Kier alpha value is -1.15. The molecule has 2 atom stereocenters. The molecule has 0 radical (unpaired) electrons. The van der Waals surface area contributed by atoms with Crippen LogP contribution in [0.25, 0.3) is 0 Å². The van der Waals surface area contributed by atoms with Crippen LogP contribution in [0.4, 0.5) is 0 Å². The summed E-state index contributed by atoms with van der Waals surface area (Å²) < 4.78 is 22.8. The maximum absolute atomic E-state index is 12.0. The molecular formula is C10H19N3O4S. The Morgan fingerprint density at radius 2 is 2.06 bits per heavy atom. The summed E-state index contributed by atoms with van der Waals surface area (Å²) in [5.74, 6) is -1.01. The zero-order chi connectivity index (χ0) is 13.9. The van der Waals surface area contributed by atoms with Crippen LogP contribution in [0, 0.1) is 0 Å². The summed E-state index contributed by atoms with van der Waals surface area (Å²) in [4.78, 5) is 24.2. The smallest absolute Gasteiger partial charge is 0.240 e. The highest BCUT2D eigenvalue weighted by Crippen LogP contribution is 2.18. The average molecular weight is 277 g/mol. The molecule has 2 amide bonds. The minimum atomic E-state index is -3.06. The van der Waals surface area contributed by atoms with Gasteiger partial charge in [0.2, 0.25) is 11.8 Å². The first-order valence-electron chi connectivity index (χ1n) is 5.81. The summed E-state index contributed by atoms with van der Waals surface area (Å²) in [6.07, 6.45) is 0.194. The molecular weight excluding hydrogens is 258 g/mol. The maximum Gasteiger partial charge on any atom is 0.240 e. The van der Waals surface area contributed by atoms with E-state index in [0.717, 1.165) is 0 Å². The largest absolute Gasteiger partial charge is 0.370 e. The molecule has 104 valence electrons. The first-order valence-corrected chi connectivity index (χ1v) is 7.63. The average Bonchev–Trinajstić information content (AvgIpc) is 2.58. The second-order valence-electron chi connectivity index (χ2n) is 4.46. The Morgan fingerprint density at radius 1 is 1.44 bits per heavy atom.